The van der Waals surface area contributed by atoms with Gasteiger partial charge in [-0.2, -0.15) is 0 Å². The van der Waals surface area contributed by atoms with Gasteiger partial charge >= 0.3 is 0 Å². The van der Waals surface area contributed by atoms with Crippen LogP contribution in [0.5, 0.6) is 0 Å². The molecule has 1 amide bonds. The number of benzene rings is 1. The largest absolute Gasteiger partial charge is 0.444 e. The Kier molecular flexibility index (Phi) is 3.06. The number of furan rings is 1. The highest BCUT2D eigenvalue weighted by molar-refractivity contribution is 9.10. The van der Waals surface area contributed by atoms with Crippen molar-refractivity contribution in [3.63, 3.8) is 0 Å². The topological polar surface area (TPSA) is 45.5 Å². The van der Waals surface area contributed by atoms with Gasteiger partial charge in [-0.05, 0) is 58.2 Å². The summed E-state index contributed by atoms with van der Waals surface area (Å²) in [5.41, 5.74) is 3.30. The van der Waals surface area contributed by atoms with Crippen molar-refractivity contribution < 1.29 is 9.21 Å². The zero-order valence-corrected chi connectivity index (χ0v) is 12.0. The number of likely N-dealkylation sites (N-methyl/N-ethyl adjacent to an activating group) is 1. The zero-order valence-electron chi connectivity index (χ0n) is 10.4. The molecule has 2 aromatic rings. The first kappa shape index (κ1) is 12.3. The molecule has 1 aliphatic rings. The predicted molar refractivity (Wildman–Crippen MR) is 77.8 cm³/mol. The minimum atomic E-state index is -0.239. The first-order valence-electron chi connectivity index (χ1n) is 6.04. The van der Waals surface area contributed by atoms with Crippen LogP contribution in [0.15, 0.2) is 39.4 Å². The normalized spacial score (nSPS) is 13.5. The van der Waals surface area contributed by atoms with E-state index < -0.39 is 0 Å². The maximum atomic E-state index is 12.0. The maximum absolute atomic E-state index is 12.0. The molecule has 0 spiro atoms. The molecule has 0 atom stereocenters. The Morgan fingerprint density at radius 1 is 1.37 bits per heavy atom. The van der Waals surface area contributed by atoms with Crippen molar-refractivity contribution in [3.05, 3.63) is 46.3 Å². The molecule has 0 saturated heterocycles. The number of nitrogens with one attached hydrogen (secondary N) is 1. The first-order valence-corrected chi connectivity index (χ1v) is 6.83. The Balaban J connectivity index is 1.79. The summed E-state index contributed by atoms with van der Waals surface area (Å²) in [5, 5.41) is 2.84. The lowest BCUT2D eigenvalue weighted by atomic mass is 10.1. The molecule has 1 aromatic carbocycles. The maximum Gasteiger partial charge on any atom is 0.291 e. The molecule has 4 nitrogen and oxygen atoms in total. The number of carbonyl (C=O) groups excluding carboxylic acids is 1. The van der Waals surface area contributed by atoms with Crippen LogP contribution in [0.25, 0.3) is 0 Å². The van der Waals surface area contributed by atoms with Crippen LogP contribution in [0.3, 0.4) is 0 Å². The fourth-order valence-corrected chi connectivity index (χ4v) is 2.58. The van der Waals surface area contributed by atoms with Gasteiger partial charge in [-0.1, -0.05) is 0 Å². The molecular formula is C14H13BrN2O2. The smallest absolute Gasteiger partial charge is 0.291 e. The Morgan fingerprint density at radius 2 is 2.21 bits per heavy atom. The average molecular weight is 321 g/mol. The number of halogens is 1. The van der Waals surface area contributed by atoms with Crippen LogP contribution in [0, 0.1) is 0 Å². The molecule has 1 N–H and O–H groups in total. The van der Waals surface area contributed by atoms with Crippen molar-refractivity contribution in [2.75, 3.05) is 23.8 Å². The number of hydrogen-bond acceptors (Lipinski definition) is 3. The number of nitrogens with zero attached hydrogens (tertiary/aromatic N) is 1. The highest BCUT2D eigenvalue weighted by atomic mass is 79.9. The third-order valence-electron chi connectivity index (χ3n) is 3.26. The van der Waals surface area contributed by atoms with Crippen molar-refractivity contribution in [1.82, 2.24) is 0 Å². The second kappa shape index (κ2) is 4.74. The molecule has 0 fully saturated rings. The summed E-state index contributed by atoms with van der Waals surface area (Å²) in [5.74, 6) is 0.0569. The van der Waals surface area contributed by atoms with Crippen LogP contribution in [0.1, 0.15) is 16.1 Å². The van der Waals surface area contributed by atoms with Crippen molar-refractivity contribution in [2.24, 2.45) is 0 Å². The van der Waals surface area contributed by atoms with E-state index in [1.165, 1.54) is 11.3 Å². The van der Waals surface area contributed by atoms with Crippen molar-refractivity contribution in [3.8, 4) is 0 Å². The van der Waals surface area contributed by atoms with Crippen molar-refractivity contribution in [1.29, 1.82) is 0 Å². The quantitative estimate of drug-likeness (QED) is 0.923. The molecule has 98 valence electrons. The highest BCUT2D eigenvalue weighted by Crippen LogP contribution is 2.29. The molecule has 0 bridgehead atoms. The summed E-state index contributed by atoms with van der Waals surface area (Å²) in [6.45, 7) is 1.03. The van der Waals surface area contributed by atoms with Gasteiger partial charge in [-0.3, -0.25) is 4.79 Å². The van der Waals surface area contributed by atoms with E-state index >= 15 is 0 Å². The molecule has 3 rings (SSSR count). The van der Waals surface area contributed by atoms with Crippen LogP contribution in [0.4, 0.5) is 11.4 Å². The van der Waals surface area contributed by atoms with Crippen molar-refractivity contribution in [2.45, 2.75) is 6.42 Å². The first-order chi connectivity index (χ1) is 9.13. The summed E-state index contributed by atoms with van der Waals surface area (Å²) in [4.78, 5) is 14.2. The van der Waals surface area contributed by atoms with E-state index in [-0.39, 0.29) is 5.91 Å². The molecule has 0 unspecified atom stereocenters. The molecule has 5 heteroatoms. The standard InChI is InChI=1S/C14H13BrN2O2/c1-17-7-6-9-8-10(2-3-11(9)17)16-14(18)12-4-5-13(15)19-12/h2-5,8H,6-7H2,1H3,(H,16,18). The fourth-order valence-electron chi connectivity index (χ4n) is 2.27. The van der Waals surface area contributed by atoms with E-state index in [1.807, 2.05) is 18.2 Å². The third-order valence-corrected chi connectivity index (χ3v) is 3.69. The Bertz CT molecular complexity index is 636. The summed E-state index contributed by atoms with van der Waals surface area (Å²) in [6.07, 6.45) is 1.02. The van der Waals surface area contributed by atoms with Gasteiger partial charge in [0.1, 0.15) is 0 Å². The van der Waals surface area contributed by atoms with Gasteiger partial charge < -0.3 is 14.6 Å². The zero-order chi connectivity index (χ0) is 13.4. The second-order valence-corrected chi connectivity index (χ2v) is 5.35. The molecule has 1 aromatic heterocycles. The van der Waals surface area contributed by atoms with Gasteiger partial charge in [0.2, 0.25) is 0 Å². The van der Waals surface area contributed by atoms with Crippen LogP contribution in [-0.2, 0) is 6.42 Å². The fraction of sp³-hybridized carbons (Fsp3) is 0.214. The van der Waals surface area contributed by atoms with Gasteiger partial charge in [-0.25, -0.2) is 0 Å². The molecule has 2 heterocycles. The van der Waals surface area contributed by atoms with Crippen LogP contribution < -0.4 is 10.2 Å². The molecule has 19 heavy (non-hydrogen) atoms. The minimum absolute atomic E-state index is 0.239. The Hall–Kier alpha value is -1.75. The molecule has 0 aliphatic carbocycles. The third kappa shape index (κ3) is 2.38. The summed E-state index contributed by atoms with van der Waals surface area (Å²) in [6, 6.07) is 9.31. The number of carbonyl (C=O) groups is 1. The number of anilines is 2. The number of hydrogen-bond donors (Lipinski definition) is 1. The Morgan fingerprint density at radius 3 is 2.95 bits per heavy atom. The summed E-state index contributed by atoms with van der Waals surface area (Å²) in [7, 11) is 2.07. The van der Waals surface area contributed by atoms with E-state index in [4.69, 9.17) is 4.42 Å². The lowest BCUT2D eigenvalue weighted by molar-refractivity contribution is 0.0995. The van der Waals surface area contributed by atoms with E-state index in [0.717, 1.165) is 18.7 Å². The number of fused-ring (bicyclic) bond motifs is 1. The van der Waals surface area contributed by atoms with Crippen LogP contribution >= 0.6 is 15.9 Å². The van der Waals surface area contributed by atoms with Crippen LogP contribution in [-0.4, -0.2) is 19.5 Å². The summed E-state index contributed by atoms with van der Waals surface area (Å²) >= 11 is 3.18. The lowest BCUT2D eigenvalue weighted by Crippen LogP contribution is -2.12. The van der Waals surface area contributed by atoms with Crippen molar-refractivity contribution >= 4 is 33.2 Å². The predicted octanol–water partition coefficient (Wildman–Crippen LogP) is 3.29. The molecule has 1 aliphatic heterocycles. The average Bonchev–Trinajstić information content (AvgIpc) is 2.97. The van der Waals surface area contributed by atoms with Gasteiger partial charge in [0.25, 0.3) is 5.91 Å². The SMILES string of the molecule is CN1CCc2cc(NC(=O)c3ccc(Br)o3)ccc21. The number of rotatable bonds is 2. The van der Waals surface area contributed by atoms with E-state index in [9.17, 15) is 4.79 Å². The van der Waals surface area contributed by atoms with E-state index in [2.05, 4.69) is 33.2 Å². The Labute approximate surface area is 119 Å². The van der Waals surface area contributed by atoms with E-state index in [0.29, 0.717) is 10.4 Å². The van der Waals surface area contributed by atoms with Gasteiger partial charge in [0, 0.05) is 25.0 Å². The number of amides is 1. The molecule has 0 saturated carbocycles. The van der Waals surface area contributed by atoms with Crippen LogP contribution in [0.2, 0.25) is 0 Å². The highest BCUT2D eigenvalue weighted by Gasteiger charge is 2.17. The monoisotopic (exact) mass is 320 g/mol. The second-order valence-electron chi connectivity index (χ2n) is 4.57. The van der Waals surface area contributed by atoms with Gasteiger partial charge in [0.05, 0.1) is 0 Å². The molecule has 0 radical (unpaired) electrons. The van der Waals surface area contributed by atoms with E-state index in [1.54, 1.807) is 12.1 Å². The van der Waals surface area contributed by atoms with Gasteiger partial charge in [-0.15, -0.1) is 0 Å². The minimum Gasteiger partial charge on any atom is -0.444 e. The summed E-state index contributed by atoms with van der Waals surface area (Å²) < 4.78 is 5.77. The lowest BCUT2D eigenvalue weighted by Gasteiger charge is -2.12. The van der Waals surface area contributed by atoms with Gasteiger partial charge in [0.15, 0.2) is 10.4 Å². The molecular weight excluding hydrogens is 308 g/mol.